The molecule has 1 aliphatic rings. The first-order valence-corrected chi connectivity index (χ1v) is 9.52. The summed E-state index contributed by atoms with van der Waals surface area (Å²) in [6.45, 7) is 2.67. The molecule has 128 valence electrons. The summed E-state index contributed by atoms with van der Waals surface area (Å²) in [5.41, 5.74) is 0.871. The second kappa shape index (κ2) is 6.97. The molecular formula is C16H23FN2O3S. The van der Waals surface area contributed by atoms with Crippen LogP contribution in [0.4, 0.5) is 4.39 Å². The first kappa shape index (κ1) is 17.9. The zero-order valence-corrected chi connectivity index (χ0v) is 14.5. The SMILES string of the molecule is CC(c1ccc(F)cc1)N(C)C(=O)C1CCN(S(C)(=O)=O)CC1. The van der Waals surface area contributed by atoms with Crippen LogP contribution >= 0.6 is 0 Å². The van der Waals surface area contributed by atoms with Gasteiger partial charge >= 0.3 is 0 Å². The van der Waals surface area contributed by atoms with Crippen molar-refractivity contribution in [3.8, 4) is 0 Å². The van der Waals surface area contributed by atoms with E-state index >= 15 is 0 Å². The van der Waals surface area contributed by atoms with E-state index in [-0.39, 0.29) is 23.7 Å². The van der Waals surface area contributed by atoms with Crippen molar-refractivity contribution < 1.29 is 17.6 Å². The summed E-state index contributed by atoms with van der Waals surface area (Å²) < 4.78 is 37.5. The summed E-state index contributed by atoms with van der Waals surface area (Å²) >= 11 is 0. The Morgan fingerprint density at radius 1 is 1.26 bits per heavy atom. The van der Waals surface area contributed by atoms with E-state index in [1.165, 1.54) is 22.7 Å². The first-order valence-electron chi connectivity index (χ1n) is 7.67. The Morgan fingerprint density at radius 2 is 1.78 bits per heavy atom. The van der Waals surface area contributed by atoms with Gasteiger partial charge in [0.1, 0.15) is 5.82 Å². The average Bonchev–Trinajstić information content (AvgIpc) is 2.53. The molecule has 1 saturated heterocycles. The van der Waals surface area contributed by atoms with Crippen LogP contribution in [0.5, 0.6) is 0 Å². The van der Waals surface area contributed by atoms with E-state index in [0.29, 0.717) is 25.9 Å². The van der Waals surface area contributed by atoms with Crippen molar-refractivity contribution in [2.45, 2.75) is 25.8 Å². The molecule has 0 aliphatic carbocycles. The third-order valence-corrected chi connectivity index (χ3v) is 5.86. The molecule has 1 heterocycles. The number of hydrogen-bond donors (Lipinski definition) is 0. The monoisotopic (exact) mass is 342 g/mol. The molecular weight excluding hydrogens is 319 g/mol. The van der Waals surface area contributed by atoms with Gasteiger partial charge in [-0.2, -0.15) is 0 Å². The Bertz CT molecular complexity index is 652. The number of benzene rings is 1. The number of hydrogen-bond acceptors (Lipinski definition) is 3. The molecule has 7 heteroatoms. The molecule has 1 aliphatic heterocycles. The summed E-state index contributed by atoms with van der Waals surface area (Å²) in [5.74, 6) is -0.459. The molecule has 0 bridgehead atoms. The number of sulfonamides is 1. The Balaban J connectivity index is 1.99. The molecule has 0 N–H and O–H groups in total. The highest BCUT2D eigenvalue weighted by atomic mass is 32.2. The lowest BCUT2D eigenvalue weighted by Crippen LogP contribution is -2.43. The van der Waals surface area contributed by atoms with Gasteiger partial charge in [0.2, 0.25) is 15.9 Å². The van der Waals surface area contributed by atoms with Gasteiger partial charge in [-0.05, 0) is 37.5 Å². The van der Waals surface area contributed by atoms with Crippen molar-refractivity contribution in [3.05, 3.63) is 35.6 Å². The maximum Gasteiger partial charge on any atom is 0.226 e. The van der Waals surface area contributed by atoms with Crippen LogP contribution in [0.2, 0.25) is 0 Å². The van der Waals surface area contributed by atoms with Crippen LogP contribution in [0, 0.1) is 11.7 Å². The largest absolute Gasteiger partial charge is 0.339 e. The fourth-order valence-electron chi connectivity index (χ4n) is 2.88. The molecule has 1 aromatic carbocycles. The number of rotatable bonds is 4. The lowest BCUT2D eigenvalue weighted by molar-refractivity contribution is -0.137. The van der Waals surface area contributed by atoms with Gasteiger partial charge in [0, 0.05) is 26.1 Å². The molecule has 1 aromatic rings. The standard InChI is InChI=1S/C16H23FN2O3S/c1-12(13-4-6-15(17)7-5-13)18(2)16(20)14-8-10-19(11-9-14)23(3,21)22/h4-7,12,14H,8-11H2,1-3H3. The minimum Gasteiger partial charge on any atom is -0.339 e. The highest BCUT2D eigenvalue weighted by Crippen LogP contribution is 2.26. The fourth-order valence-corrected chi connectivity index (χ4v) is 3.75. The van der Waals surface area contributed by atoms with Gasteiger partial charge in [-0.1, -0.05) is 12.1 Å². The smallest absolute Gasteiger partial charge is 0.226 e. The van der Waals surface area contributed by atoms with Crippen LogP contribution in [0.1, 0.15) is 31.4 Å². The molecule has 5 nitrogen and oxygen atoms in total. The van der Waals surface area contributed by atoms with E-state index in [2.05, 4.69) is 0 Å². The zero-order valence-electron chi connectivity index (χ0n) is 13.7. The Morgan fingerprint density at radius 3 is 2.26 bits per heavy atom. The Kier molecular flexibility index (Phi) is 5.41. The summed E-state index contributed by atoms with van der Waals surface area (Å²) in [5, 5.41) is 0. The molecule has 0 radical (unpaired) electrons. The van der Waals surface area contributed by atoms with Gasteiger partial charge in [0.05, 0.1) is 12.3 Å². The highest BCUT2D eigenvalue weighted by Gasteiger charge is 2.31. The van der Waals surface area contributed by atoms with Gasteiger partial charge in [-0.25, -0.2) is 17.1 Å². The molecule has 2 rings (SSSR count). The number of carbonyl (C=O) groups is 1. The maximum absolute atomic E-state index is 13.0. The number of piperidine rings is 1. The lowest BCUT2D eigenvalue weighted by Gasteiger charge is -2.34. The summed E-state index contributed by atoms with van der Waals surface area (Å²) in [6.07, 6.45) is 2.26. The molecule has 1 fully saturated rings. The van der Waals surface area contributed by atoms with Gasteiger partial charge in [0.15, 0.2) is 0 Å². The predicted molar refractivity (Wildman–Crippen MR) is 86.7 cm³/mol. The first-order chi connectivity index (χ1) is 10.7. The van der Waals surface area contributed by atoms with Crippen LogP contribution in [0.25, 0.3) is 0 Å². The van der Waals surface area contributed by atoms with Crippen LogP contribution in [-0.4, -0.2) is 49.9 Å². The van der Waals surface area contributed by atoms with Crippen LogP contribution in [0.15, 0.2) is 24.3 Å². The fraction of sp³-hybridized carbons (Fsp3) is 0.562. The second-order valence-electron chi connectivity index (χ2n) is 6.11. The maximum atomic E-state index is 13.0. The van der Waals surface area contributed by atoms with E-state index in [1.807, 2.05) is 6.92 Å². The summed E-state index contributed by atoms with van der Waals surface area (Å²) in [7, 11) is -1.45. The number of halogens is 1. The molecule has 1 atom stereocenters. The van der Waals surface area contributed by atoms with E-state index < -0.39 is 10.0 Å². The second-order valence-corrected chi connectivity index (χ2v) is 8.10. The highest BCUT2D eigenvalue weighted by molar-refractivity contribution is 7.88. The predicted octanol–water partition coefficient (Wildman–Crippen LogP) is 2.02. The van der Waals surface area contributed by atoms with Gasteiger partial charge in [-0.3, -0.25) is 4.79 Å². The summed E-state index contributed by atoms with van der Waals surface area (Å²) in [6, 6.07) is 5.96. The summed E-state index contributed by atoms with van der Waals surface area (Å²) in [4.78, 5) is 14.3. The van der Waals surface area contributed by atoms with Gasteiger partial charge < -0.3 is 4.90 Å². The van der Waals surface area contributed by atoms with Crippen molar-refractivity contribution in [3.63, 3.8) is 0 Å². The van der Waals surface area contributed by atoms with E-state index in [1.54, 1.807) is 24.1 Å². The van der Waals surface area contributed by atoms with E-state index in [4.69, 9.17) is 0 Å². The lowest BCUT2D eigenvalue weighted by atomic mass is 9.95. The quantitative estimate of drug-likeness (QED) is 0.841. The molecule has 1 amide bonds. The van der Waals surface area contributed by atoms with E-state index in [0.717, 1.165) is 5.56 Å². The molecule has 0 aromatic heterocycles. The molecule has 1 unspecified atom stereocenters. The Hall–Kier alpha value is -1.47. The van der Waals surface area contributed by atoms with Crippen molar-refractivity contribution in [2.24, 2.45) is 5.92 Å². The van der Waals surface area contributed by atoms with Gasteiger partial charge in [-0.15, -0.1) is 0 Å². The number of nitrogens with zero attached hydrogens (tertiary/aromatic N) is 2. The minimum absolute atomic E-state index is 0.00924. The van der Waals surface area contributed by atoms with Crippen molar-refractivity contribution in [1.82, 2.24) is 9.21 Å². The number of amides is 1. The third kappa shape index (κ3) is 4.29. The molecule has 0 spiro atoms. The average molecular weight is 342 g/mol. The topological polar surface area (TPSA) is 57.7 Å². The van der Waals surface area contributed by atoms with E-state index in [9.17, 15) is 17.6 Å². The van der Waals surface area contributed by atoms with Crippen LogP contribution in [0.3, 0.4) is 0 Å². The molecule has 0 saturated carbocycles. The van der Waals surface area contributed by atoms with Crippen molar-refractivity contribution in [1.29, 1.82) is 0 Å². The molecule has 23 heavy (non-hydrogen) atoms. The van der Waals surface area contributed by atoms with Crippen LogP contribution < -0.4 is 0 Å². The third-order valence-electron chi connectivity index (χ3n) is 4.55. The zero-order chi connectivity index (χ0) is 17.2. The van der Waals surface area contributed by atoms with Crippen molar-refractivity contribution >= 4 is 15.9 Å². The number of carbonyl (C=O) groups excluding carboxylic acids is 1. The van der Waals surface area contributed by atoms with Crippen LogP contribution in [-0.2, 0) is 14.8 Å². The van der Waals surface area contributed by atoms with Gasteiger partial charge in [0.25, 0.3) is 0 Å². The normalized spacial score (nSPS) is 18.6. The Labute approximate surface area is 137 Å². The minimum atomic E-state index is -3.19. The van der Waals surface area contributed by atoms with Crippen molar-refractivity contribution in [2.75, 3.05) is 26.4 Å².